The number of nitrogens with two attached hydrogens (primary N) is 2. The van der Waals surface area contributed by atoms with Crippen molar-refractivity contribution in [3.05, 3.63) is 53.5 Å². The molecule has 36 heavy (non-hydrogen) atoms. The first-order chi connectivity index (χ1) is 17.1. The van der Waals surface area contributed by atoms with Crippen LogP contribution in [0.2, 0.25) is 0 Å². The second kappa shape index (κ2) is 9.80. The average Bonchev–Trinajstić information content (AvgIpc) is 3.26. The molecular formula is C23H22F4N8O. The molecule has 1 fully saturated rings. The van der Waals surface area contributed by atoms with Crippen LogP contribution in [0.15, 0.2) is 30.7 Å². The molecule has 3 aromatic rings. The van der Waals surface area contributed by atoms with Gasteiger partial charge in [-0.1, -0.05) is 0 Å². The number of hydrogen-bond acceptors (Lipinski definition) is 7. The topological polar surface area (TPSA) is 140 Å². The van der Waals surface area contributed by atoms with E-state index in [1.165, 1.54) is 12.4 Å². The fourth-order valence-electron chi connectivity index (χ4n) is 4.36. The predicted octanol–water partition coefficient (Wildman–Crippen LogP) is 3.48. The van der Waals surface area contributed by atoms with Crippen molar-refractivity contribution in [2.45, 2.75) is 37.9 Å². The van der Waals surface area contributed by atoms with E-state index in [1.807, 2.05) is 4.90 Å². The molecule has 1 amide bonds. The fraction of sp³-hybridized carbons (Fsp3) is 0.348. The van der Waals surface area contributed by atoms with E-state index in [4.69, 9.17) is 16.7 Å². The molecule has 0 unspecified atom stereocenters. The van der Waals surface area contributed by atoms with Gasteiger partial charge in [0, 0.05) is 37.3 Å². The highest BCUT2D eigenvalue weighted by atomic mass is 19.4. The monoisotopic (exact) mass is 502 g/mol. The van der Waals surface area contributed by atoms with Crippen molar-refractivity contribution in [2.75, 3.05) is 23.7 Å². The molecule has 1 aliphatic heterocycles. The summed E-state index contributed by atoms with van der Waals surface area (Å²) in [5, 5.41) is 9.05. The minimum Gasteiger partial charge on any atom is -0.383 e. The Morgan fingerprint density at radius 1 is 1.22 bits per heavy atom. The Morgan fingerprint density at radius 2 is 1.94 bits per heavy atom. The zero-order valence-corrected chi connectivity index (χ0v) is 19.0. The lowest BCUT2D eigenvalue weighted by molar-refractivity contribution is -0.139. The van der Waals surface area contributed by atoms with E-state index in [0.717, 1.165) is 12.1 Å². The van der Waals surface area contributed by atoms with E-state index in [-0.39, 0.29) is 35.0 Å². The van der Waals surface area contributed by atoms with Crippen LogP contribution in [-0.2, 0) is 12.7 Å². The maximum absolute atomic E-state index is 13.8. The molecular weight excluding hydrogens is 480 g/mol. The van der Waals surface area contributed by atoms with Gasteiger partial charge in [-0.05, 0) is 31.0 Å². The van der Waals surface area contributed by atoms with Gasteiger partial charge in [-0.2, -0.15) is 18.4 Å². The number of halogens is 4. The van der Waals surface area contributed by atoms with E-state index >= 15 is 0 Å². The van der Waals surface area contributed by atoms with E-state index in [1.54, 1.807) is 10.8 Å². The van der Waals surface area contributed by atoms with Crippen molar-refractivity contribution < 1.29 is 22.4 Å². The number of nitrogen functional groups attached to an aromatic ring is 1. The minimum atomic E-state index is -4.84. The summed E-state index contributed by atoms with van der Waals surface area (Å²) in [5.74, 6) is -1.22. The van der Waals surface area contributed by atoms with Gasteiger partial charge in [0.05, 0.1) is 23.7 Å². The summed E-state index contributed by atoms with van der Waals surface area (Å²) in [6.45, 7) is 1.27. The first-order valence-corrected chi connectivity index (χ1v) is 11.1. The van der Waals surface area contributed by atoms with Crippen LogP contribution >= 0.6 is 0 Å². The van der Waals surface area contributed by atoms with Gasteiger partial charge in [0.1, 0.15) is 35.2 Å². The molecule has 1 aromatic carbocycles. The molecule has 4 N–H and O–H groups in total. The van der Waals surface area contributed by atoms with E-state index in [9.17, 15) is 22.4 Å². The first kappa shape index (κ1) is 24.9. The van der Waals surface area contributed by atoms with Gasteiger partial charge >= 0.3 is 6.18 Å². The van der Waals surface area contributed by atoms with Crippen LogP contribution in [0.3, 0.4) is 0 Å². The number of alkyl halides is 3. The number of piperidine rings is 1. The Morgan fingerprint density at radius 3 is 2.58 bits per heavy atom. The van der Waals surface area contributed by atoms with E-state index in [2.05, 4.69) is 21.0 Å². The Hall–Kier alpha value is -4.21. The smallest absolute Gasteiger partial charge is 0.383 e. The van der Waals surface area contributed by atoms with Crippen LogP contribution in [0.25, 0.3) is 11.3 Å². The van der Waals surface area contributed by atoms with Gasteiger partial charge < -0.3 is 20.9 Å². The van der Waals surface area contributed by atoms with E-state index < -0.39 is 23.5 Å². The van der Waals surface area contributed by atoms with Crippen molar-refractivity contribution in [2.24, 2.45) is 5.73 Å². The standard InChI is InChI=1S/C23H22F4N8O/c24-16-3-2-14(10-15(16)23(25,26)27)17-11-35(7-1-6-28)21(33-17)13-4-8-34(9-5-13)22-18(20(30)36)19(29)31-12-32-22/h2-3,10-13H,1,4-5,7-9H2,(H2,30,36)(H2,29,31,32). The first-order valence-electron chi connectivity index (χ1n) is 11.1. The van der Waals surface area contributed by atoms with Crippen LogP contribution in [0, 0.1) is 17.1 Å². The molecule has 0 saturated carbocycles. The van der Waals surface area contributed by atoms with Crippen molar-refractivity contribution in [3.63, 3.8) is 0 Å². The Labute approximate surface area is 203 Å². The quantitative estimate of drug-likeness (QED) is 0.492. The number of aryl methyl sites for hydroxylation is 1. The lowest BCUT2D eigenvalue weighted by atomic mass is 9.95. The molecule has 2 aromatic heterocycles. The molecule has 0 spiro atoms. The summed E-state index contributed by atoms with van der Waals surface area (Å²) in [6, 6.07) is 4.82. The van der Waals surface area contributed by atoms with Crippen molar-refractivity contribution in [3.8, 4) is 17.3 Å². The molecule has 188 valence electrons. The van der Waals surface area contributed by atoms with Crippen LogP contribution in [0.5, 0.6) is 0 Å². The second-order valence-electron chi connectivity index (χ2n) is 8.36. The van der Waals surface area contributed by atoms with Crippen LogP contribution in [0.4, 0.5) is 29.2 Å². The van der Waals surface area contributed by atoms with Crippen LogP contribution in [-0.4, -0.2) is 38.5 Å². The zero-order valence-electron chi connectivity index (χ0n) is 19.0. The van der Waals surface area contributed by atoms with Crippen molar-refractivity contribution in [1.29, 1.82) is 5.26 Å². The third kappa shape index (κ3) is 4.93. The van der Waals surface area contributed by atoms with Gasteiger partial charge in [-0.25, -0.2) is 19.3 Å². The fourth-order valence-corrected chi connectivity index (χ4v) is 4.36. The number of hydrogen-bond donors (Lipinski definition) is 2. The Balaban J connectivity index is 1.61. The lowest BCUT2D eigenvalue weighted by Crippen LogP contribution is -2.36. The summed E-state index contributed by atoms with van der Waals surface area (Å²) in [5.41, 5.74) is 10.3. The summed E-state index contributed by atoms with van der Waals surface area (Å²) in [7, 11) is 0. The number of nitrogens with zero attached hydrogens (tertiary/aromatic N) is 6. The Bertz CT molecular complexity index is 1320. The molecule has 1 aliphatic rings. The van der Waals surface area contributed by atoms with Crippen molar-refractivity contribution in [1.82, 2.24) is 19.5 Å². The minimum absolute atomic E-state index is 0.0103. The number of primary amides is 1. The maximum atomic E-state index is 13.8. The maximum Gasteiger partial charge on any atom is 0.419 e. The highest BCUT2D eigenvalue weighted by Crippen LogP contribution is 2.36. The lowest BCUT2D eigenvalue weighted by Gasteiger charge is -2.33. The third-order valence-electron chi connectivity index (χ3n) is 6.10. The Kier molecular flexibility index (Phi) is 6.78. The van der Waals surface area contributed by atoms with Gasteiger partial charge in [0.15, 0.2) is 0 Å². The number of carbonyl (C=O) groups excluding carboxylic acids is 1. The molecule has 0 atom stereocenters. The van der Waals surface area contributed by atoms with E-state index in [0.29, 0.717) is 44.1 Å². The molecule has 3 heterocycles. The van der Waals surface area contributed by atoms with Crippen LogP contribution in [0.1, 0.15) is 46.9 Å². The normalized spacial score (nSPS) is 14.6. The SMILES string of the molecule is N#CCCn1cc(-c2ccc(F)c(C(F)(F)F)c2)nc1C1CCN(c2ncnc(N)c2C(N)=O)CC1. The second-order valence-corrected chi connectivity index (χ2v) is 8.36. The molecule has 13 heteroatoms. The van der Waals surface area contributed by atoms with Gasteiger partial charge in [0.2, 0.25) is 0 Å². The summed E-state index contributed by atoms with van der Waals surface area (Å²) in [6.07, 6.45) is -0.649. The molecule has 1 saturated heterocycles. The average molecular weight is 502 g/mol. The number of anilines is 2. The van der Waals surface area contributed by atoms with Crippen molar-refractivity contribution >= 4 is 17.5 Å². The largest absolute Gasteiger partial charge is 0.419 e. The third-order valence-corrected chi connectivity index (χ3v) is 6.10. The number of amides is 1. The number of rotatable bonds is 6. The van der Waals surface area contributed by atoms with Crippen LogP contribution < -0.4 is 16.4 Å². The number of carbonyl (C=O) groups is 1. The molecule has 4 rings (SSSR count). The number of nitriles is 1. The molecule has 0 radical (unpaired) electrons. The number of aromatic nitrogens is 4. The summed E-state index contributed by atoms with van der Waals surface area (Å²) < 4.78 is 55.2. The zero-order chi connectivity index (χ0) is 26.0. The highest BCUT2D eigenvalue weighted by Gasteiger charge is 2.35. The molecule has 0 aliphatic carbocycles. The highest BCUT2D eigenvalue weighted by molar-refractivity contribution is 6.01. The predicted molar refractivity (Wildman–Crippen MR) is 122 cm³/mol. The number of imidazole rings is 1. The number of benzene rings is 1. The summed E-state index contributed by atoms with van der Waals surface area (Å²) in [4.78, 5) is 26.3. The molecule has 0 bridgehead atoms. The van der Waals surface area contributed by atoms with Gasteiger partial charge in [-0.3, -0.25) is 4.79 Å². The molecule has 9 nitrogen and oxygen atoms in total. The summed E-state index contributed by atoms with van der Waals surface area (Å²) >= 11 is 0. The van der Waals surface area contributed by atoms with Gasteiger partial charge in [0.25, 0.3) is 5.91 Å². The van der Waals surface area contributed by atoms with Gasteiger partial charge in [-0.15, -0.1) is 0 Å².